The number of nitrogens with one attached hydrogen (secondary N) is 1. The van der Waals surface area contributed by atoms with Gasteiger partial charge in [0.1, 0.15) is 0 Å². The fraction of sp³-hybridized carbons (Fsp3) is 0.625. The first kappa shape index (κ1) is 14.1. The maximum Gasteiger partial charge on any atom is 0.0291 e. The van der Waals surface area contributed by atoms with Gasteiger partial charge in [0.15, 0.2) is 0 Å². The minimum atomic E-state index is 0.460. The smallest absolute Gasteiger partial charge is 0.0291 e. The zero-order valence-electron chi connectivity index (χ0n) is 11.3. The highest BCUT2D eigenvalue weighted by Crippen LogP contribution is 2.28. The van der Waals surface area contributed by atoms with Crippen molar-refractivity contribution < 1.29 is 0 Å². The van der Waals surface area contributed by atoms with Gasteiger partial charge in [0.05, 0.1) is 0 Å². The number of hydrogen-bond donors (Lipinski definition) is 1. The van der Waals surface area contributed by atoms with Crippen molar-refractivity contribution in [1.29, 1.82) is 0 Å². The first-order valence-electron chi connectivity index (χ1n) is 7.24. The Morgan fingerprint density at radius 2 is 1.89 bits per heavy atom. The second kappa shape index (κ2) is 7.30. The Labute approximate surface area is 119 Å². The zero-order valence-corrected chi connectivity index (χ0v) is 12.9. The molecule has 1 saturated carbocycles. The Hall–Kier alpha value is -0.340. The topological polar surface area (TPSA) is 12.0 Å². The van der Waals surface area contributed by atoms with Crippen LogP contribution in [0.4, 0.5) is 0 Å². The predicted octanol–water partition coefficient (Wildman–Crippen LogP) is 5.07. The lowest BCUT2D eigenvalue weighted by Gasteiger charge is -2.15. The van der Waals surface area contributed by atoms with E-state index in [9.17, 15) is 0 Å². The first-order chi connectivity index (χ1) is 8.75. The summed E-state index contributed by atoms with van der Waals surface area (Å²) in [6.07, 6.45) is 8.62. The van der Waals surface area contributed by atoms with Crippen molar-refractivity contribution in [2.75, 3.05) is 6.54 Å². The van der Waals surface area contributed by atoms with Crippen LogP contribution in [0.5, 0.6) is 0 Å². The Balaban J connectivity index is 1.64. The van der Waals surface area contributed by atoms with Gasteiger partial charge in [-0.05, 0) is 49.9 Å². The Morgan fingerprint density at radius 1 is 1.22 bits per heavy atom. The van der Waals surface area contributed by atoms with Crippen LogP contribution in [0.15, 0.2) is 28.7 Å². The van der Waals surface area contributed by atoms with Crippen LogP contribution in [0.1, 0.15) is 57.1 Å². The molecule has 2 rings (SSSR count). The Kier molecular flexibility index (Phi) is 5.71. The van der Waals surface area contributed by atoms with E-state index in [1.165, 1.54) is 44.1 Å². The summed E-state index contributed by atoms with van der Waals surface area (Å²) in [7, 11) is 0. The van der Waals surface area contributed by atoms with Crippen LogP contribution in [0, 0.1) is 5.92 Å². The van der Waals surface area contributed by atoms with Crippen LogP contribution in [0.25, 0.3) is 0 Å². The van der Waals surface area contributed by atoms with E-state index in [2.05, 4.69) is 52.4 Å². The SMILES string of the molecule is CC(NCCCC1CCCC1)c1ccc(Br)cc1. The lowest BCUT2D eigenvalue weighted by Crippen LogP contribution is -2.20. The van der Waals surface area contributed by atoms with Crippen molar-refractivity contribution in [3.05, 3.63) is 34.3 Å². The van der Waals surface area contributed by atoms with Gasteiger partial charge >= 0.3 is 0 Å². The molecule has 18 heavy (non-hydrogen) atoms. The fourth-order valence-corrected chi connectivity index (χ4v) is 3.14. The molecule has 1 aromatic carbocycles. The molecule has 0 heterocycles. The molecular weight excluding hydrogens is 286 g/mol. The summed E-state index contributed by atoms with van der Waals surface area (Å²) in [5.74, 6) is 1.02. The summed E-state index contributed by atoms with van der Waals surface area (Å²) in [5.41, 5.74) is 1.37. The molecule has 1 aromatic rings. The van der Waals surface area contributed by atoms with E-state index in [1.807, 2.05) is 0 Å². The van der Waals surface area contributed by atoms with Crippen molar-refractivity contribution in [2.24, 2.45) is 5.92 Å². The highest BCUT2D eigenvalue weighted by molar-refractivity contribution is 9.10. The molecule has 2 heteroatoms. The van der Waals surface area contributed by atoms with Gasteiger partial charge in [-0.15, -0.1) is 0 Å². The Morgan fingerprint density at radius 3 is 2.56 bits per heavy atom. The van der Waals surface area contributed by atoms with Crippen molar-refractivity contribution in [3.63, 3.8) is 0 Å². The molecule has 1 N–H and O–H groups in total. The first-order valence-corrected chi connectivity index (χ1v) is 8.04. The number of benzene rings is 1. The van der Waals surface area contributed by atoms with Crippen LogP contribution in [0.2, 0.25) is 0 Å². The van der Waals surface area contributed by atoms with Crippen LogP contribution >= 0.6 is 15.9 Å². The minimum absolute atomic E-state index is 0.460. The molecule has 0 bridgehead atoms. The van der Waals surface area contributed by atoms with Gasteiger partial charge in [0.25, 0.3) is 0 Å². The van der Waals surface area contributed by atoms with Crippen LogP contribution in [-0.2, 0) is 0 Å². The molecular formula is C16H24BrN. The molecule has 0 aromatic heterocycles. The standard InChI is InChI=1S/C16H24BrN/c1-13(15-8-10-16(17)11-9-15)18-12-4-7-14-5-2-3-6-14/h8-11,13-14,18H,2-7,12H2,1H3. The van der Waals surface area contributed by atoms with E-state index < -0.39 is 0 Å². The van der Waals surface area contributed by atoms with Crippen LogP contribution < -0.4 is 5.32 Å². The quantitative estimate of drug-likeness (QED) is 0.723. The lowest BCUT2D eigenvalue weighted by atomic mass is 10.0. The molecule has 1 nitrogen and oxygen atoms in total. The average molecular weight is 310 g/mol. The second-order valence-corrected chi connectivity index (χ2v) is 6.44. The molecule has 0 saturated heterocycles. The maximum atomic E-state index is 3.63. The summed E-state index contributed by atoms with van der Waals surface area (Å²) in [6.45, 7) is 3.40. The third kappa shape index (κ3) is 4.40. The van der Waals surface area contributed by atoms with Gasteiger partial charge in [0.2, 0.25) is 0 Å². The van der Waals surface area contributed by atoms with Gasteiger partial charge in [-0.1, -0.05) is 53.7 Å². The maximum absolute atomic E-state index is 3.63. The van der Waals surface area contributed by atoms with Gasteiger partial charge in [0, 0.05) is 10.5 Å². The second-order valence-electron chi connectivity index (χ2n) is 5.52. The predicted molar refractivity (Wildman–Crippen MR) is 81.8 cm³/mol. The minimum Gasteiger partial charge on any atom is -0.310 e. The third-order valence-electron chi connectivity index (χ3n) is 4.08. The molecule has 0 amide bonds. The number of rotatable bonds is 6. The van der Waals surface area contributed by atoms with Gasteiger partial charge in [-0.2, -0.15) is 0 Å². The average Bonchev–Trinajstić information content (AvgIpc) is 2.88. The van der Waals surface area contributed by atoms with Crippen molar-refractivity contribution >= 4 is 15.9 Å². The lowest BCUT2D eigenvalue weighted by molar-refractivity contribution is 0.456. The largest absolute Gasteiger partial charge is 0.310 e. The van der Waals surface area contributed by atoms with Crippen molar-refractivity contribution in [3.8, 4) is 0 Å². The highest BCUT2D eigenvalue weighted by Gasteiger charge is 2.14. The van der Waals surface area contributed by atoms with Gasteiger partial charge < -0.3 is 5.32 Å². The summed E-state index contributed by atoms with van der Waals surface area (Å²) in [6, 6.07) is 9.08. The van der Waals surface area contributed by atoms with Gasteiger partial charge in [-0.3, -0.25) is 0 Å². The molecule has 1 fully saturated rings. The Bertz CT molecular complexity index is 341. The van der Waals surface area contributed by atoms with Crippen molar-refractivity contribution in [1.82, 2.24) is 5.32 Å². The molecule has 1 unspecified atom stereocenters. The summed E-state index contributed by atoms with van der Waals surface area (Å²) in [5, 5.41) is 3.63. The number of halogens is 1. The van der Waals surface area contributed by atoms with E-state index in [0.29, 0.717) is 6.04 Å². The van der Waals surface area contributed by atoms with Crippen molar-refractivity contribution in [2.45, 2.75) is 51.5 Å². The molecule has 1 aliphatic rings. The molecule has 0 aliphatic heterocycles. The monoisotopic (exact) mass is 309 g/mol. The highest BCUT2D eigenvalue weighted by atomic mass is 79.9. The summed E-state index contributed by atoms with van der Waals surface area (Å²) in [4.78, 5) is 0. The van der Waals surface area contributed by atoms with E-state index in [0.717, 1.165) is 16.9 Å². The van der Waals surface area contributed by atoms with E-state index >= 15 is 0 Å². The van der Waals surface area contributed by atoms with E-state index in [-0.39, 0.29) is 0 Å². The molecule has 1 atom stereocenters. The van der Waals surface area contributed by atoms with Crippen LogP contribution in [0.3, 0.4) is 0 Å². The van der Waals surface area contributed by atoms with E-state index in [1.54, 1.807) is 0 Å². The summed E-state index contributed by atoms with van der Waals surface area (Å²) >= 11 is 3.48. The fourth-order valence-electron chi connectivity index (χ4n) is 2.88. The molecule has 1 aliphatic carbocycles. The molecule has 100 valence electrons. The molecule has 0 radical (unpaired) electrons. The zero-order chi connectivity index (χ0) is 12.8. The van der Waals surface area contributed by atoms with E-state index in [4.69, 9.17) is 0 Å². The van der Waals surface area contributed by atoms with Gasteiger partial charge in [-0.25, -0.2) is 0 Å². The number of hydrogen-bond acceptors (Lipinski definition) is 1. The normalized spacial score (nSPS) is 18.1. The summed E-state index contributed by atoms with van der Waals surface area (Å²) < 4.78 is 1.15. The van der Waals surface area contributed by atoms with Crippen LogP contribution in [-0.4, -0.2) is 6.54 Å². The third-order valence-corrected chi connectivity index (χ3v) is 4.61. The molecule has 0 spiro atoms.